The van der Waals surface area contributed by atoms with Gasteiger partial charge in [-0.15, -0.1) is 0 Å². The molecule has 0 radical (unpaired) electrons. The van der Waals surface area contributed by atoms with Crippen molar-refractivity contribution in [3.05, 3.63) is 51.9 Å². The lowest BCUT2D eigenvalue weighted by Gasteiger charge is -2.09. The molecule has 6 nitrogen and oxygen atoms in total. The summed E-state index contributed by atoms with van der Waals surface area (Å²) in [5, 5.41) is 14.4. The number of nitrogens with two attached hydrogens (primary N) is 1. The molecule has 1 amide bonds. The van der Waals surface area contributed by atoms with Crippen molar-refractivity contribution >= 4 is 33.4 Å². The largest absolute Gasteiger partial charge is 0.456 e. The van der Waals surface area contributed by atoms with Crippen molar-refractivity contribution < 1.29 is 14.4 Å². The molecular weight excluding hydrogens is 338 g/mol. The number of benzene rings is 1. The van der Waals surface area contributed by atoms with E-state index in [-0.39, 0.29) is 11.6 Å². The highest BCUT2D eigenvalue weighted by molar-refractivity contribution is 9.10. The van der Waals surface area contributed by atoms with Gasteiger partial charge >= 0.3 is 0 Å². The monoisotopic (exact) mass is 351 g/mol. The molecule has 2 rings (SSSR count). The first-order chi connectivity index (χ1) is 10.0. The molecule has 1 aromatic heterocycles. The molecule has 0 saturated carbocycles. The first-order valence-electron chi connectivity index (χ1n) is 6.22. The standard InChI is InChI=1S/C14H14BrN3O3/c1-2-9-4-6-12(21-9)14(19)17-11-7-8(15)3-5-10(11)13(16)18-20/h3-7,20H,2H2,1H3,(H2,16,18)(H,17,19). The fourth-order valence-corrected chi connectivity index (χ4v) is 2.13. The van der Waals surface area contributed by atoms with E-state index in [4.69, 9.17) is 15.4 Å². The van der Waals surface area contributed by atoms with Crippen molar-refractivity contribution in [2.75, 3.05) is 5.32 Å². The van der Waals surface area contributed by atoms with E-state index in [0.29, 0.717) is 17.7 Å². The van der Waals surface area contributed by atoms with Gasteiger partial charge in [0.1, 0.15) is 5.76 Å². The van der Waals surface area contributed by atoms with Crippen LogP contribution in [0.5, 0.6) is 0 Å². The van der Waals surface area contributed by atoms with Crippen molar-refractivity contribution in [1.82, 2.24) is 0 Å². The van der Waals surface area contributed by atoms with Crippen molar-refractivity contribution in [2.45, 2.75) is 13.3 Å². The zero-order chi connectivity index (χ0) is 15.4. The Kier molecular flexibility index (Phi) is 4.64. The van der Waals surface area contributed by atoms with Crippen LogP contribution in [0, 0.1) is 0 Å². The smallest absolute Gasteiger partial charge is 0.291 e. The fraction of sp³-hybridized carbons (Fsp3) is 0.143. The lowest BCUT2D eigenvalue weighted by Crippen LogP contribution is -2.19. The molecular formula is C14H14BrN3O3. The highest BCUT2D eigenvalue weighted by Gasteiger charge is 2.15. The SMILES string of the molecule is CCc1ccc(C(=O)Nc2cc(Br)ccc2/C(N)=N/O)o1. The van der Waals surface area contributed by atoms with Gasteiger partial charge in [0.05, 0.1) is 5.69 Å². The van der Waals surface area contributed by atoms with Gasteiger partial charge in [-0.1, -0.05) is 28.0 Å². The van der Waals surface area contributed by atoms with Gasteiger partial charge in [0.25, 0.3) is 5.91 Å². The van der Waals surface area contributed by atoms with Crippen LogP contribution in [-0.4, -0.2) is 17.0 Å². The second-order valence-electron chi connectivity index (χ2n) is 4.25. The molecule has 0 bridgehead atoms. The lowest BCUT2D eigenvalue weighted by atomic mass is 10.1. The second-order valence-corrected chi connectivity index (χ2v) is 5.16. The van der Waals surface area contributed by atoms with Gasteiger partial charge in [-0.2, -0.15) is 0 Å². The highest BCUT2D eigenvalue weighted by atomic mass is 79.9. The number of carbonyl (C=O) groups excluding carboxylic acids is 1. The average molecular weight is 352 g/mol. The van der Waals surface area contributed by atoms with Crippen LogP contribution in [0.25, 0.3) is 0 Å². The van der Waals surface area contributed by atoms with Crippen molar-refractivity contribution in [3.8, 4) is 0 Å². The topological polar surface area (TPSA) is 101 Å². The third kappa shape index (κ3) is 3.43. The number of nitrogens with one attached hydrogen (secondary N) is 1. The molecule has 0 atom stereocenters. The molecule has 21 heavy (non-hydrogen) atoms. The maximum absolute atomic E-state index is 12.2. The number of nitrogens with zero attached hydrogens (tertiary/aromatic N) is 1. The number of amidine groups is 1. The number of amides is 1. The Morgan fingerprint density at radius 2 is 2.19 bits per heavy atom. The number of anilines is 1. The van der Waals surface area contributed by atoms with Gasteiger partial charge in [0.2, 0.25) is 0 Å². The van der Waals surface area contributed by atoms with Gasteiger partial charge in [-0.25, -0.2) is 0 Å². The summed E-state index contributed by atoms with van der Waals surface area (Å²) in [5.74, 6) is 0.439. The number of halogens is 1. The van der Waals surface area contributed by atoms with E-state index in [1.54, 1.807) is 30.3 Å². The van der Waals surface area contributed by atoms with Crippen LogP contribution in [0.2, 0.25) is 0 Å². The molecule has 1 aromatic carbocycles. The van der Waals surface area contributed by atoms with Gasteiger partial charge in [-0.05, 0) is 30.3 Å². The van der Waals surface area contributed by atoms with Gasteiger partial charge in [0.15, 0.2) is 11.6 Å². The normalized spacial score (nSPS) is 11.4. The number of oxime groups is 1. The maximum Gasteiger partial charge on any atom is 0.291 e. The fourth-order valence-electron chi connectivity index (χ4n) is 1.77. The third-order valence-corrected chi connectivity index (χ3v) is 3.34. The molecule has 110 valence electrons. The Balaban J connectivity index is 2.30. The molecule has 0 aliphatic heterocycles. The van der Waals surface area contributed by atoms with Crippen LogP contribution >= 0.6 is 15.9 Å². The Bertz CT molecular complexity index is 695. The number of furan rings is 1. The minimum absolute atomic E-state index is 0.0912. The summed E-state index contributed by atoms with van der Waals surface area (Å²) in [7, 11) is 0. The average Bonchev–Trinajstić information content (AvgIpc) is 2.95. The van der Waals surface area contributed by atoms with E-state index >= 15 is 0 Å². The predicted octanol–water partition coefficient (Wildman–Crippen LogP) is 2.95. The summed E-state index contributed by atoms with van der Waals surface area (Å²) >= 11 is 3.31. The Labute approximate surface area is 129 Å². The zero-order valence-corrected chi connectivity index (χ0v) is 12.8. The van der Waals surface area contributed by atoms with Crippen LogP contribution in [0.1, 0.15) is 28.8 Å². The summed E-state index contributed by atoms with van der Waals surface area (Å²) in [4.78, 5) is 12.2. The molecule has 4 N–H and O–H groups in total. The number of rotatable bonds is 4. The van der Waals surface area contributed by atoms with Crippen molar-refractivity contribution in [2.24, 2.45) is 10.9 Å². The summed E-state index contributed by atoms with van der Waals surface area (Å²) in [6, 6.07) is 8.38. The highest BCUT2D eigenvalue weighted by Crippen LogP contribution is 2.22. The Morgan fingerprint density at radius 3 is 2.81 bits per heavy atom. The zero-order valence-electron chi connectivity index (χ0n) is 11.3. The van der Waals surface area contributed by atoms with Crippen LogP contribution < -0.4 is 11.1 Å². The van der Waals surface area contributed by atoms with Gasteiger partial charge in [-0.3, -0.25) is 4.79 Å². The molecule has 0 spiro atoms. The molecule has 2 aromatic rings. The van der Waals surface area contributed by atoms with Crippen LogP contribution in [0.3, 0.4) is 0 Å². The van der Waals surface area contributed by atoms with Crippen LogP contribution in [-0.2, 0) is 6.42 Å². The van der Waals surface area contributed by atoms with Gasteiger partial charge < -0.3 is 20.7 Å². The molecule has 7 heteroatoms. The number of carbonyl (C=O) groups is 1. The Hall–Kier alpha value is -2.28. The molecule has 0 unspecified atom stereocenters. The molecule has 0 aliphatic rings. The van der Waals surface area contributed by atoms with E-state index < -0.39 is 5.91 Å². The minimum Gasteiger partial charge on any atom is -0.456 e. The first-order valence-corrected chi connectivity index (χ1v) is 7.02. The number of hydrogen-bond donors (Lipinski definition) is 3. The van der Waals surface area contributed by atoms with Gasteiger partial charge in [0, 0.05) is 16.5 Å². The number of hydrogen-bond acceptors (Lipinski definition) is 4. The number of aryl methyl sites for hydroxylation is 1. The maximum atomic E-state index is 12.2. The van der Waals surface area contributed by atoms with E-state index in [2.05, 4.69) is 26.4 Å². The lowest BCUT2D eigenvalue weighted by molar-refractivity contribution is 0.0995. The minimum atomic E-state index is -0.403. The third-order valence-electron chi connectivity index (χ3n) is 2.85. The van der Waals surface area contributed by atoms with Crippen LogP contribution in [0.4, 0.5) is 5.69 Å². The molecule has 1 heterocycles. The molecule has 0 aliphatic carbocycles. The summed E-state index contributed by atoms with van der Waals surface area (Å²) < 4.78 is 6.14. The Morgan fingerprint density at radius 1 is 1.43 bits per heavy atom. The summed E-state index contributed by atoms with van der Waals surface area (Å²) in [6.45, 7) is 1.94. The molecule has 0 fully saturated rings. The van der Waals surface area contributed by atoms with Crippen LogP contribution in [0.15, 0.2) is 44.4 Å². The van der Waals surface area contributed by atoms with E-state index in [1.165, 1.54) is 0 Å². The predicted molar refractivity (Wildman–Crippen MR) is 82.7 cm³/mol. The molecule has 0 saturated heterocycles. The van der Waals surface area contributed by atoms with Crippen molar-refractivity contribution in [1.29, 1.82) is 0 Å². The van der Waals surface area contributed by atoms with E-state index in [9.17, 15) is 4.79 Å². The van der Waals surface area contributed by atoms with Crippen molar-refractivity contribution in [3.63, 3.8) is 0 Å². The van der Waals surface area contributed by atoms with E-state index in [0.717, 1.165) is 10.2 Å². The summed E-state index contributed by atoms with van der Waals surface area (Å²) in [6.07, 6.45) is 0.708. The first kappa shape index (κ1) is 15.1. The second kappa shape index (κ2) is 6.45. The van der Waals surface area contributed by atoms with E-state index in [1.807, 2.05) is 6.92 Å². The summed E-state index contributed by atoms with van der Waals surface area (Å²) in [5.41, 5.74) is 6.42. The quantitative estimate of drug-likeness (QED) is 0.341.